The van der Waals surface area contributed by atoms with Gasteiger partial charge in [-0.3, -0.25) is 0 Å². The summed E-state index contributed by atoms with van der Waals surface area (Å²) in [6.07, 6.45) is 5.59. The number of rotatable bonds is 9. The molecule has 1 aromatic carbocycles. The fourth-order valence-electron chi connectivity index (χ4n) is 4.63. The second-order valence-electron chi connectivity index (χ2n) is 8.48. The van der Waals surface area contributed by atoms with E-state index in [0.29, 0.717) is 42.5 Å². The van der Waals surface area contributed by atoms with Crippen LogP contribution in [-0.2, 0) is 4.74 Å². The molecular formula is C25H31FN4O3. The number of aromatic nitrogens is 3. The van der Waals surface area contributed by atoms with Crippen molar-refractivity contribution >= 4 is 6.01 Å². The SMILES string of the molecule is CCOCC(Nc1nnc(-c2ccc(OC)cc2)o1)[C@H]1CC[C@@H](c2ccnc(F)c2C)CC1. The third-order valence-electron chi connectivity index (χ3n) is 6.54. The monoisotopic (exact) mass is 454 g/mol. The summed E-state index contributed by atoms with van der Waals surface area (Å²) in [5.41, 5.74) is 2.58. The van der Waals surface area contributed by atoms with Gasteiger partial charge in [0.15, 0.2) is 0 Å². The quantitative estimate of drug-likeness (QED) is 0.435. The molecule has 1 aliphatic carbocycles. The van der Waals surface area contributed by atoms with E-state index in [4.69, 9.17) is 13.9 Å². The first kappa shape index (κ1) is 23.2. The summed E-state index contributed by atoms with van der Waals surface area (Å²) in [6, 6.07) is 9.90. The predicted octanol–water partition coefficient (Wildman–Crippen LogP) is 5.38. The van der Waals surface area contributed by atoms with Crippen LogP contribution >= 0.6 is 0 Å². The van der Waals surface area contributed by atoms with E-state index in [9.17, 15) is 4.39 Å². The highest BCUT2D eigenvalue weighted by Crippen LogP contribution is 2.39. The molecule has 0 spiro atoms. The van der Waals surface area contributed by atoms with Crippen molar-refractivity contribution in [1.82, 2.24) is 15.2 Å². The van der Waals surface area contributed by atoms with E-state index in [1.54, 1.807) is 13.3 Å². The normalized spacial score (nSPS) is 19.3. The first-order valence-corrected chi connectivity index (χ1v) is 11.5. The van der Waals surface area contributed by atoms with E-state index in [-0.39, 0.29) is 12.0 Å². The van der Waals surface area contributed by atoms with E-state index < -0.39 is 0 Å². The molecule has 0 aliphatic heterocycles. The van der Waals surface area contributed by atoms with Crippen molar-refractivity contribution in [3.8, 4) is 17.2 Å². The summed E-state index contributed by atoms with van der Waals surface area (Å²) in [4.78, 5) is 3.77. The van der Waals surface area contributed by atoms with E-state index in [1.165, 1.54) is 0 Å². The minimum Gasteiger partial charge on any atom is -0.497 e. The maximum absolute atomic E-state index is 13.9. The number of benzene rings is 1. The first-order valence-electron chi connectivity index (χ1n) is 11.5. The highest BCUT2D eigenvalue weighted by atomic mass is 19.1. The minimum atomic E-state index is -0.366. The summed E-state index contributed by atoms with van der Waals surface area (Å²) in [7, 11) is 1.63. The standard InChI is InChI=1S/C25H31FN4O3/c1-4-32-15-22(18-7-5-17(6-8-18)21-13-14-27-23(26)16(21)2)28-25-30-29-24(33-25)19-9-11-20(31-3)12-10-19/h9-14,17-18,22H,4-8,15H2,1-3H3,(H,28,30)/t17-,18+,22?. The van der Waals surface area contributed by atoms with Crippen LogP contribution in [0, 0.1) is 18.8 Å². The average Bonchev–Trinajstić information content (AvgIpc) is 3.32. The Hall–Kier alpha value is -3.00. The molecular weight excluding hydrogens is 423 g/mol. The van der Waals surface area contributed by atoms with Crippen LogP contribution in [0.3, 0.4) is 0 Å². The molecule has 3 aromatic rings. The van der Waals surface area contributed by atoms with Gasteiger partial charge in [-0.2, -0.15) is 4.39 Å². The number of ether oxygens (including phenoxy) is 2. The third-order valence-corrected chi connectivity index (χ3v) is 6.54. The molecule has 4 rings (SSSR count). The maximum atomic E-state index is 13.9. The molecule has 0 saturated heterocycles. The molecule has 1 N–H and O–H groups in total. The lowest BCUT2D eigenvalue weighted by Crippen LogP contribution is -2.36. The smallest absolute Gasteiger partial charge is 0.316 e. The zero-order valence-electron chi connectivity index (χ0n) is 19.4. The number of pyridine rings is 1. The van der Waals surface area contributed by atoms with E-state index in [0.717, 1.165) is 42.6 Å². The van der Waals surface area contributed by atoms with Crippen molar-refractivity contribution < 1.29 is 18.3 Å². The summed E-state index contributed by atoms with van der Waals surface area (Å²) < 4.78 is 30.8. The summed E-state index contributed by atoms with van der Waals surface area (Å²) in [6.45, 7) is 5.02. The van der Waals surface area contributed by atoms with Crippen molar-refractivity contribution in [2.24, 2.45) is 5.92 Å². The van der Waals surface area contributed by atoms with Gasteiger partial charge in [0.05, 0.1) is 19.8 Å². The molecule has 1 atom stereocenters. The van der Waals surface area contributed by atoms with Crippen LogP contribution < -0.4 is 10.1 Å². The Morgan fingerprint density at radius 1 is 1.12 bits per heavy atom. The molecule has 0 bridgehead atoms. The van der Waals surface area contributed by atoms with Gasteiger partial charge >= 0.3 is 6.01 Å². The number of nitrogens with zero attached hydrogens (tertiary/aromatic N) is 3. The van der Waals surface area contributed by atoms with Crippen LogP contribution in [0.5, 0.6) is 5.75 Å². The van der Waals surface area contributed by atoms with Gasteiger partial charge in [0.1, 0.15) is 5.75 Å². The molecule has 1 aliphatic rings. The van der Waals surface area contributed by atoms with Gasteiger partial charge in [-0.05, 0) is 87.3 Å². The molecule has 1 saturated carbocycles. The number of methoxy groups -OCH3 is 1. The second kappa shape index (κ2) is 10.7. The number of hydrogen-bond donors (Lipinski definition) is 1. The molecule has 0 amide bonds. The zero-order chi connectivity index (χ0) is 23.2. The minimum absolute atomic E-state index is 0.0605. The zero-order valence-corrected chi connectivity index (χ0v) is 19.4. The van der Waals surface area contributed by atoms with E-state index in [2.05, 4.69) is 20.5 Å². The Morgan fingerprint density at radius 2 is 1.88 bits per heavy atom. The van der Waals surface area contributed by atoms with Crippen LogP contribution in [0.2, 0.25) is 0 Å². The van der Waals surface area contributed by atoms with Gasteiger partial charge in [0.2, 0.25) is 11.8 Å². The molecule has 176 valence electrons. The molecule has 8 heteroatoms. The van der Waals surface area contributed by atoms with Crippen molar-refractivity contribution in [3.63, 3.8) is 0 Å². The van der Waals surface area contributed by atoms with Gasteiger partial charge in [-0.25, -0.2) is 4.98 Å². The highest BCUT2D eigenvalue weighted by Gasteiger charge is 2.30. The molecule has 33 heavy (non-hydrogen) atoms. The lowest BCUT2D eigenvalue weighted by atomic mass is 9.75. The summed E-state index contributed by atoms with van der Waals surface area (Å²) >= 11 is 0. The van der Waals surface area contributed by atoms with Crippen LogP contribution in [0.4, 0.5) is 10.4 Å². The maximum Gasteiger partial charge on any atom is 0.316 e. The Bertz CT molecular complexity index is 1030. The van der Waals surface area contributed by atoms with Gasteiger partial charge in [0, 0.05) is 23.9 Å². The lowest BCUT2D eigenvalue weighted by molar-refractivity contribution is 0.111. The van der Waals surface area contributed by atoms with Crippen molar-refractivity contribution in [2.45, 2.75) is 51.5 Å². The van der Waals surface area contributed by atoms with Crippen molar-refractivity contribution in [1.29, 1.82) is 0 Å². The van der Waals surface area contributed by atoms with Gasteiger partial charge in [-0.15, -0.1) is 5.10 Å². The molecule has 0 radical (unpaired) electrons. The van der Waals surface area contributed by atoms with Crippen LogP contribution in [-0.4, -0.2) is 41.5 Å². The molecule has 7 nitrogen and oxygen atoms in total. The van der Waals surface area contributed by atoms with E-state index >= 15 is 0 Å². The number of hydrogen-bond acceptors (Lipinski definition) is 7. The first-order chi connectivity index (χ1) is 16.1. The molecule has 1 unspecified atom stereocenters. The van der Waals surface area contributed by atoms with Crippen LogP contribution in [0.25, 0.3) is 11.5 Å². The van der Waals surface area contributed by atoms with Gasteiger partial charge < -0.3 is 19.2 Å². The summed E-state index contributed by atoms with van der Waals surface area (Å²) in [5, 5.41) is 11.8. The molecule has 2 aromatic heterocycles. The van der Waals surface area contributed by atoms with Crippen molar-refractivity contribution in [2.75, 3.05) is 25.6 Å². The molecule has 2 heterocycles. The Balaban J connectivity index is 1.41. The Labute approximate surface area is 193 Å². The number of halogens is 1. The molecule has 1 fully saturated rings. The average molecular weight is 455 g/mol. The largest absolute Gasteiger partial charge is 0.497 e. The number of nitrogens with one attached hydrogen (secondary N) is 1. The van der Waals surface area contributed by atoms with Crippen molar-refractivity contribution in [3.05, 3.63) is 53.6 Å². The van der Waals surface area contributed by atoms with Crippen LogP contribution in [0.15, 0.2) is 40.9 Å². The highest BCUT2D eigenvalue weighted by molar-refractivity contribution is 5.54. The fraction of sp³-hybridized carbons (Fsp3) is 0.480. The third kappa shape index (κ3) is 5.50. The number of anilines is 1. The van der Waals surface area contributed by atoms with E-state index in [1.807, 2.05) is 44.2 Å². The summed E-state index contributed by atoms with van der Waals surface area (Å²) in [5.74, 6) is 1.62. The lowest BCUT2D eigenvalue weighted by Gasteiger charge is -2.34. The van der Waals surface area contributed by atoms with Crippen LogP contribution in [0.1, 0.15) is 49.7 Å². The predicted molar refractivity (Wildman–Crippen MR) is 124 cm³/mol. The topological polar surface area (TPSA) is 82.3 Å². The Morgan fingerprint density at radius 3 is 2.58 bits per heavy atom. The van der Waals surface area contributed by atoms with Gasteiger partial charge in [-0.1, -0.05) is 5.10 Å². The van der Waals surface area contributed by atoms with Gasteiger partial charge in [0.25, 0.3) is 0 Å². The Kier molecular flexibility index (Phi) is 7.54. The second-order valence-corrected chi connectivity index (χ2v) is 8.48. The fourth-order valence-corrected chi connectivity index (χ4v) is 4.63.